The fraction of sp³-hybridized carbons (Fsp3) is 0.0400. The van der Waals surface area contributed by atoms with Crippen LogP contribution in [0.2, 0.25) is 0 Å². The van der Waals surface area contributed by atoms with Gasteiger partial charge in [-0.1, -0.05) is 91.0 Å². The van der Waals surface area contributed by atoms with Crippen LogP contribution < -0.4 is 4.65 Å². The van der Waals surface area contributed by atoms with Gasteiger partial charge in [0.1, 0.15) is 0 Å². The highest BCUT2D eigenvalue weighted by molar-refractivity contribution is 6.17. The molecular weight excluding hydrogens is 343 g/mol. The SMILES string of the molecule is O[B]Oc1ccc(C2(c3ccccc3)c3ccccc3-c3ccccc32)cc1. The van der Waals surface area contributed by atoms with E-state index in [-0.39, 0.29) is 0 Å². The van der Waals surface area contributed by atoms with E-state index >= 15 is 0 Å². The Balaban J connectivity index is 1.86. The van der Waals surface area contributed by atoms with Gasteiger partial charge in [-0.25, -0.2) is 0 Å². The Bertz CT molecular complexity index is 1080. The van der Waals surface area contributed by atoms with Crippen LogP contribution in [0.15, 0.2) is 103 Å². The lowest BCUT2D eigenvalue weighted by atomic mass is 9.68. The van der Waals surface area contributed by atoms with E-state index < -0.39 is 5.41 Å². The van der Waals surface area contributed by atoms with Gasteiger partial charge in [0.05, 0.1) is 11.2 Å². The van der Waals surface area contributed by atoms with Gasteiger partial charge < -0.3 is 9.68 Å². The zero-order valence-corrected chi connectivity index (χ0v) is 15.2. The number of hydrogen-bond acceptors (Lipinski definition) is 2. The van der Waals surface area contributed by atoms with Crippen molar-refractivity contribution in [2.45, 2.75) is 5.41 Å². The zero-order valence-electron chi connectivity index (χ0n) is 15.2. The van der Waals surface area contributed by atoms with Crippen molar-refractivity contribution in [1.29, 1.82) is 0 Å². The van der Waals surface area contributed by atoms with E-state index in [0.717, 1.165) is 0 Å². The third kappa shape index (κ3) is 2.33. The highest BCUT2D eigenvalue weighted by Gasteiger charge is 2.45. The zero-order chi connectivity index (χ0) is 19.0. The van der Waals surface area contributed by atoms with Crippen LogP contribution >= 0.6 is 0 Å². The van der Waals surface area contributed by atoms with Gasteiger partial charge in [0, 0.05) is 0 Å². The van der Waals surface area contributed by atoms with Gasteiger partial charge in [0.15, 0.2) is 0 Å². The summed E-state index contributed by atoms with van der Waals surface area (Å²) >= 11 is 0. The number of rotatable bonds is 4. The lowest BCUT2D eigenvalue weighted by Gasteiger charge is -2.33. The Hall–Kier alpha value is -3.30. The Kier molecular flexibility index (Phi) is 4.03. The first-order chi connectivity index (χ1) is 13.9. The van der Waals surface area contributed by atoms with Crippen LogP contribution in [0.1, 0.15) is 22.3 Å². The van der Waals surface area contributed by atoms with Crippen LogP contribution in [-0.4, -0.2) is 12.7 Å². The molecule has 1 aliphatic rings. The van der Waals surface area contributed by atoms with Crippen molar-refractivity contribution < 1.29 is 9.68 Å². The number of hydrogen-bond donors (Lipinski definition) is 1. The molecule has 5 rings (SSSR count). The molecule has 0 bridgehead atoms. The van der Waals surface area contributed by atoms with E-state index in [1.807, 2.05) is 12.1 Å². The van der Waals surface area contributed by atoms with E-state index in [1.165, 1.54) is 33.4 Å². The van der Waals surface area contributed by atoms with Gasteiger partial charge in [0.2, 0.25) is 0 Å². The Morgan fingerprint density at radius 2 is 1.07 bits per heavy atom. The Morgan fingerprint density at radius 3 is 1.64 bits per heavy atom. The summed E-state index contributed by atoms with van der Waals surface area (Å²) in [5.74, 6) is 0.606. The summed E-state index contributed by atoms with van der Waals surface area (Å²) in [5, 5.41) is 8.94. The van der Waals surface area contributed by atoms with Gasteiger partial charge in [-0.3, -0.25) is 0 Å². The summed E-state index contributed by atoms with van der Waals surface area (Å²) in [4.78, 5) is 0. The van der Waals surface area contributed by atoms with Crippen molar-refractivity contribution in [2.24, 2.45) is 0 Å². The summed E-state index contributed by atoms with van der Waals surface area (Å²) in [7, 11) is 0.710. The topological polar surface area (TPSA) is 29.5 Å². The third-order valence-corrected chi connectivity index (χ3v) is 5.64. The van der Waals surface area contributed by atoms with Crippen LogP contribution in [0, 0.1) is 0 Å². The second-order valence-corrected chi connectivity index (χ2v) is 6.95. The fourth-order valence-electron chi connectivity index (χ4n) is 4.56. The summed E-state index contributed by atoms with van der Waals surface area (Å²) in [6.45, 7) is 0. The van der Waals surface area contributed by atoms with Crippen molar-refractivity contribution in [3.63, 3.8) is 0 Å². The molecular formula is C25H18BO2. The largest absolute Gasteiger partial charge is 0.569 e. The average Bonchev–Trinajstić information content (AvgIpc) is 3.07. The molecule has 0 aliphatic heterocycles. The standard InChI is InChI=1S/C25H18BO2/c27-26-28-20-16-14-19(15-17-20)25(18-8-2-1-3-9-18)23-12-6-4-10-21(23)22-11-5-7-13-24(22)25/h1-17,27H. The lowest BCUT2D eigenvalue weighted by molar-refractivity contribution is 0.453. The minimum Gasteiger partial charge on any atom is -0.537 e. The molecule has 2 nitrogen and oxygen atoms in total. The van der Waals surface area contributed by atoms with Crippen LogP contribution in [0.25, 0.3) is 11.1 Å². The molecule has 1 radical (unpaired) electrons. The lowest BCUT2D eigenvalue weighted by Crippen LogP contribution is -2.28. The molecule has 0 atom stereocenters. The Morgan fingerprint density at radius 1 is 0.571 bits per heavy atom. The number of benzene rings is 4. The molecule has 28 heavy (non-hydrogen) atoms. The van der Waals surface area contributed by atoms with Gasteiger partial charge in [-0.2, -0.15) is 0 Å². The molecule has 3 heteroatoms. The first kappa shape index (κ1) is 16.8. The van der Waals surface area contributed by atoms with Gasteiger partial charge in [-0.15, -0.1) is 0 Å². The summed E-state index contributed by atoms with van der Waals surface area (Å²) in [6.07, 6.45) is 0. The van der Waals surface area contributed by atoms with Crippen molar-refractivity contribution >= 4 is 7.69 Å². The molecule has 0 spiro atoms. The van der Waals surface area contributed by atoms with Crippen LogP contribution in [0.3, 0.4) is 0 Å². The molecule has 0 heterocycles. The quantitative estimate of drug-likeness (QED) is 0.459. The minimum absolute atomic E-state index is 0.393. The van der Waals surface area contributed by atoms with Crippen LogP contribution in [0.4, 0.5) is 0 Å². The van der Waals surface area contributed by atoms with Crippen molar-refractivity contribution in [1.82, 2.24) is 0 Å². The average molecular weight is 361 g/mol. The summed E-state index contributed by atoms with van der Waals surface area (Å²) < 4.78 is 5.13. The minimum atomic E-state index is -0.393. The molecule has 0 amide bonds. The van der Waals surface area contributed by atoms with Gasteiger partial charge in [-0.05, 0) is 45.5 Å². The summed E-state index contributed by atoms with van der Waals surface area (Å²) in [5.41, 5.74) is 7.11. The number of fused-ring (bicyclic) bond motifs is 3. The molecule has 0 fully saturated rings. The normalized spacial score (nSPS) is 13.5. The highest BCUT2D eigenvalue weighted by atomic mass is 16.5. The molecule has 0 aromatic heterocycles. The second kappa shape index (κ2) is 6.70. The maximum atomic E-state index is 8.94. The molecule has 4 aromatic rings. The monoisotopic (exact) mass is 361 g/mol. The predicted molar refractivity (Wildman–Crippen MR) is 112 cm³/mol. The van der Waals surface area contributed by atoms with E-state index in [0.29, 0.717) is 13.4 Å². The molecule has 4 aromatic carbocycles. The molecule has 0 unspecified atom stereocenters. The van der Waals surface area contributed by atoms with Gasteiger partial charge >= 0.3 is 7.69 Å². The van der Waals surface area contributed by atoms with Crippen LogP contribution in [0.5, 0.6) is 5.75 Å². The first-order valence-corrected chi connectivity index (χ1v) is 9.33. The first-order valence-electron chi connectivity index (χ1n) is 9.33. The molecule has 1 aliphatic carbocycles. The predicted octanol–water partition coefficient (Wildman–Crippen LogP) is 4.96. The van der Waals surface area contributed by atoms with E-state index in [4.69, 9.17) is 9.68 Å². The molecule has 1 N–H and O–H groups in total. The maximum absolute atomic E-state index is 8.94. The second-order valence-electron chi connectivity index (χ2n) is 6.95. The van der Waals surface area contributed by atoms with E-state index in [2.05, 4.69) is 91.0 Å². The van der Waals surface area contributed by atoms with Crippen molar-refractivity contribution in [3.8, 4) is 16.9 Å². The molecule has 0 saturated carbocycles. The molecule has 0 saturated heterocycles. The van der Waals surface area contributed by atoms with Crippen LogP contribution in [-0.2, 0) is 5.41 Å². The summed E-state index contributed by atoms with van der Waals surface area (Å²) in [6, 6.07) is 35.9. The highest BCUT2D eigenvalue weighted by Crippen LogP contribution is 2.55. The smallest absolute Gasteiger partial charge is 0.537 e. The van der Waals surface area contributed by atoms with E-state index in [1.54, 1.807) is 0 Å². The fourth-order valence-corrected chi connectivity index (χ4v) is 4.56. The molecule has 133 valence electrons. The van der Waals surface area contributed by atoms with Gasteiger partial charge in [0.25, 0.3) is 0 Å². The van der Waals surface area contributed by atoms with E-state index in [9.17, 15) is 0 Å². The van der Waals surface area contributed by atoms with Crippen molar-refractivity contribution in [3.05, 3.63) is 125 Å². The Labute approximate surface area is 165 Å². The third-order valence-electron chi connectivity index (χ3n) is 5.64. The maximum Gasteiger partial charge on any atom is 0.569 e. The van der Waals surface area contributed by atoms with Crippen molar-refractivity contribution in [2.75, 3.05) is 0 Å².